The average molecular weight is 319 g/mol. The molecular weight excluding hydrogens is 294 g/mol. The molecule has 0 bridgehead atoms. The molecule has 3 heterocycles. The highest BCUT2D eigenvalue weighted by atomic mass is 32.1. The van der Waals surface area contributed by atoms with Crippen molar-refractivity contribution >= 4 is 16.7 Å². The van der Waals surface area contributed by atoms with E-state index in [-0.39, 0.29) is 5.41 Å². The zero-order valence-corrected chi connectivity index (χ0v) is 14.7. The first-order valence-corrected chi connectivity index (χ1v) is 8.86. The molecule has 6 heteroatoms. The average Bonchev–Trinajstić information content (AvgIpc) is 3.16. The van der Waals surface area contributed by atoms with Crippen molar-refractivity contribution in [1.29, 1.82) is 0 Å². The van der Waals surface area contributed by atoms with Gasteiger partial charge in [0.05, 0.1) is 6.20 Å². The van der Waals surface area contributed by atoms with Crippen LogP contribution in [0, 0.1) is 0 Å². The Hall–Kier alpha value is -1.43. The molecule has 2 aromatic rings. The van der Waals surface area contributed by atoms with E-state index < -0.39 is 0 Å². The second kappa shape index (κ2) is 5.99. The molecule has 1 aliphatic heterocycles. The fraction of sp³-hybridized carbons (Fsp3) is 0.688. The van der Waals surface area contributed by atoms with Crippen LogP contribution in [0.1, 0.15) is 57.8 Å². The van der Waals surface area contributed by atoms with Crippen molar-refractivity contribution in [3.8, 4) is 0 Å². The molecule has 5 nitrogen and oxygen atoms in total. The molecule has 1 aliphatic rings. The summed E-state index contributed by atoms with van der Waals surface area (Å²) in [6.07, 6.45) is 6.56. The van der Waals surface area contributed by atoms with Gasteiger partial charge in [-0.1, -0.05) is 20.8 Å². The minimum atomic E-state index is 0.0296. The number of hydrogen-bond donors (Lipinski definition) is 0. The number of hydrogen-bond acceptors (Lipinski definition) is 5. The number of aryl methyl sites for hydroxylation is 1. The van der Waals surface area contributed by atoms with Crippen LogP contribution in [-0.4, -0.2) is 32.2 Å². The molecule has 0 unspecified atom stereocenters. The van der Waals surface area contributed by atoms with Crippen molar-refractivity contribution in [2.45, 2.75) is 58.4 Å². The van der Waals surface area contributed by atoms with Gasteiger partial charge in [0.25, 0.3) is 0 Å². The molecule has 1 saturated heterocycles. The highest BCUT2D eigenvalue weighted by Crippen LogP contribution is 2.32. The minimum absolute atomic E-state index is 0.0296. The summed E-state index contributed by atoms with van der Waals surface area (Å²) in [5, 5.41) is 5.48. The van der Waals surface area contributed by atoms with Crippen molar-refractivity contribution in [2.75, 3.05) is 18.0 Å². The van der Waals surface area contributed by atoms with Gasteiger partial charge in [-0.2, -0.15) is 9.47 Å². The summed E-state index contributed by atoms with van der Waals surface area (Å²) < 4.78 is 6.55. The Bertz CT molecular complexity index is 617. The van der Waals surface area contributed by atoms with Crippen LogP contribution in [-0.2, 0) is 12.0 Å². The SMILES string of the molecule is CCn1cc(C2CCN(c3nc(C(C)(C)C)ns3)CC2)cn1. The largest absolute Gasteiger partial charge is 0.347 e. The monoisotopic (exact) mass is 319 g/mol. The van der Waals surface area contributed by atoms with E-state index >= 15 is 0 Å². The molecule has 0 saturated carbocycles. The van der Waals surface area contributed by atoms with Crippen LogP contribution in [0.5, 0.6) is 0 Å². The third kappa shape index (κ3) is 3.16. The van der Waals surface area contributed by atoms with E-state index in [4.69, 9.17) is 4.98 Å². The van der Waals surface area contributed by atoms with Crippen molar-refractivity contribution < 1.29 is 0 Å². The van der Waals surface area contributed by atoms with E-state index in [0.717, 1.165) is 30.6 Å². The van der Waals surface area contributed by atoms with Gasteiger partial charge in [0, 0.05) is 42.8 Å². The van der Waals surface area contributed by atoms with Gasteiger partial charge in [-0.3, -0.25) is 4.68 Å². The molecule has 0 aromatic carbocycles. The van der Waals surface area contributed by atoms with Gasteiger partial charge < -0.3 is 4.90 Å². The molecule has 2 aromatic heterocycles. The van der Waals surface area contributed by atoms with Crippen molar-refractivity contribution in [3.05, 3.63) is 23.8 Å². The maximum Gasteiger partial charge on any atom is 0.205 e. The molecule has 0 atom stereocenters. The zero-order valence-electron chi connectivity index (χ0n) is 13.9. The Kier molecular flexibility index (Phi) is 4.21. The summed E-state index contributed by atoms with van der Waals surface area (Å²) in [6, 6.07) is 0. The van der Waals surface area contributed by atoms with Gasteiger partial charge in [0.2, 0.25) is 5.13 Å². The summed E-state index contributed by atoms with van der Waals surface area (Å²) in [5.41, 5.74) is 1.41. The predicted molar refractivity (Wildman–Crippen MR) is 90.7 cm³/mol. The Morgan fingerprint density at radius 1 is 1.27 bits per heavy atom. The second-order valence-electron chi connectivity index (χ2n) is 7.04. The third-order valence-corrected chi connectivity index (χ3v) is 5.08. The number of piperidine rings is 1. The summed E-state index contributed by atoms with van der Waals surface area (Å²) in [4.78, 5) is 7.12. The standard InChI is InChI=1S/C16H25N5S/c1-5-21-11-13(10-17-21)12-6-8-20(9-7-12)15-18-14(19-22-15)16(2,3)4/h10-12H,5-9H2,1-4H3. The number of nitrogens with zero attached hydrogens (tertiary/aromatic N) is 5. The smallest absolute Gasteiger partial charge is 0.205 e. The maximum atomic E-state index is 4.74. The van der Waals surface area contributed by atoms with Crippen LogP contribution in [0.3, 0.4) is 0 Å². The number of rotatable bonds is 3. The molecule has 3 rings (SSSR count). The van der Waals surface area contributed by atoms with Crippen molar-refractivity contribution in [1.82, 2.24) is 19.1 Å². The normalized spacial score (nSPS) is 17.2. The lowest BCUT2D eigenvalue weighted by Gasteiger charge is -2.31. The topological polar surface area (TPSA) is 46.8 Å². The van der Waals surface area contributed by atoms with Crippen LogP contribution in [0.25, 0.3) is 0 Å². The van der Waals surface area contributed by atoms with Gasteiger partial charge in [0.15, 0.2) is 0 Å². The maximum absolute atomic E-state index is 4.74. The highest BCUT2D eigenvalue weighted by molar-refractivity contribution is 7.09. The van der Waals surface area contributed by atoms with Crippen LogP contribution in [0.15, 0.2) is 12.4 Å². The Labute approximate surface area is 136 Å². The van der Waals surface area contributed by atoms with E-state index in [1.165, 1.54) is 29.9 Å². The quantitative estimate of drug-likeness (QED) is 0.869. The van der Waals surface area contributed by atoms with Crippen LogP contribution in [0.2, 0.25) is 0 Å². The fourth-order valence-corrected chi connectivity index (χ4v) is 3.72. The highest BCUT2D eigenvalue weighted by Gasteiger charge is 2.26. The molecule has 0 aliphatic carbocycles. The summed E-state index contributed by atoms with van der Waals surface area (Å²) >= 11 is 1.54. The molecule has 120 valence electrons. The van der Waals surface area contributed by atoms with Gasteiger partial charge in [-0.05, 0) is 31.2 Å². The van der Waals surface area contributed by atoms with E-state index in [2.05, 4.69) is 48.3 Å². The fourth-order valence-electron chi connectivity index (χ4n) is 2.82. The minimum Gasteiger partial charge on any atom is -0.347 e. The van der Waals surface area contributed by atoms with Crippen LogP contribution in [0.4, 0.5) is 5.13 Å². The zero-order chi connectivity index (χ0) is 15.7. The van der Waals surface area contributed by atoms with Gasteiger partial charge in [-0.25, -0.2) is 4.98 Å². The van der Waals surface area contributed by atoms with Crippen LogP contribution < -0.4 is 4.90 Å². The lowest BCUT2D eigenvalue weighted by molar-refractivity contribution is 0.502. The molecule has 0 radical (unpaired) electrons. The lowest BCUT2D eigenvalue weighted by Crippen LogP contribution is -2.32. The Morgan fingerprint density at radius 2 is 2.00 bits per heavy atom. The van der Waals surface area contributed by atoms with E-state index in [0.29, 0.717) is 5.92 Å². The lowest BCUT2D eigenvalue weighted by atomic mass is 9.92. The molecule has 0 spiro atoms. The summed E-state index contributed by atoms with van der Waals surface area (Å²) in [6.45, 7) is 11.7. The molecule has 0 N–H and O–H groups in total. The Morgan fingerprint density at radius 3 is 2.55 bits per heavy atom. The summed E-state index contributed by atoms with van der Waals surface area (Å²) in [5.74, 6) is 1.59. The number of aromatic nitrogens is 4. The molecule has 1 fully saturated rings. The van der Waals surface area contributed by atoms with Crippen molar-refractivity contribution in [2.24, 2.45) is 0 Å². The first-order valence-electron chi connectivity index (χ1n) is 8.09. The van der Waals surface area contributed by atoms with Gasteiger partial charge in [-0.15, -0.1) is 0 Å². The molecule has 0 amide bonds. The van der Waals surface area contributed by atoms with Crippen molar-refractivity contribution in [3.63, 3.8) is 0 Å². The first-order chi connectivity index (χ1) is 10.5. The van der Waals surface area contributed by atoms with Gasteiger partial charge >= 0.3 is 0 Å². The predicted octanol–water partition coefficient (Wildman–Crippen LogP) is 3.44. The molecule has 22 heavy (non-hydrogen) atoms. The first kappa shape index (κ1) is 15.5. The van der Waals surface area contributed by atoms with Crippen LogP contribution >= 0.6 is 11.5 Å². The van der Waals surface area contributed by atoms with Gasteiger partial charge in [0.1, 0.15) is 5.82 Å². The van der Waals surface area contributed by atoms with E-state index in [9.17, 15) is 0 Å². The second-order valence-corrected chi connectivity index (χ2v) is 7.77. The van der Waals surface area contributed by atoms with E-state index in [1.807, 2.05) is 10.9 Å². The Balaban J connectivity index is 1.63. The van der Waals surface area contributed by atoms with E-state index in [1.54, 1.807) is 0 Å². The summed E-state index contributed by atoms with van der Waals surface area (Å²) in [7, 11) is 0. The third-order valence-electron chi connectivity index (χ3n) is 4.30. The molecular formula is C16H25N5S. The number of anilines is 1.